The standard InChI is InChI=1S/C16H18ClN3O3/c17-13-14(19-4-5-20-6-8-23-9-7-20)15(21)10-2-1-3-11(18)12(10)16(13)22/h1-3,19H,4-9,18H2. The zero-order chi connectivity index (χ0) is 16.4. The van der Waals surface area contributed by atoms with Crippen molar-refractivity contribution in [2.45, 2.75) is 0 Å². The first kappa shape index (κ1) is 16.0. The molecule has 0 saturated carbocycles. The molecule has 1 aliphatic carbocycles. The first-order valence-corrected chi connectivity index (χ1v) is 7.89. The summed E-state index contributed by atoms with van der Waals surface area (Å²) in [4.78, 5) is 27.2. The number of morpholine rings is 1. The van der Waals surface area contributed by atoms with E-state index in [0.29, 0.717) is 25.3 Å². The summed E-state index contributed by atoms with van der Waals surface area (Å²) in [6.07, 6.45) is 0. The van der Waals surface area contributed by atoms with Crippen LogP contribution >= 0.6 is 11.6 Å². The number of hydrogen-bond acceptors (Lipinski definition) is 6. The summed E-state index contributed by atoms with van der Waals surface area (Å²) < 4.78 is 5.29. The third-order valence-corrected chi connectivity index (χ3v) is 4.41. The Bertz CT molecular complexity index is 681. The highest BCUT2D eigenvalue weighted by molar-refractivity contribution is 6.50. The quantitative estimate of drug-likeness (QED) is 0.799. The summed E-state index contributed by atoms with van der Waals surface area (Å²) in [5.41, 5.74) is 6.73. The number of anilines is 1. The highest BCUT2D eigenvalue weighted by Gasteiger charge is 2.32. The minimum atomic E-state index is -0.409. The molecule has 1 heterocycles. The van der Waals surface area contributed by atoms with Crippen molar-refractivity contribution in [3.8, 4) is 0 Å². The van der Waals surface area contributed by atoms with E-state index >= 15 is 0 Å². The number of nitrogens with two attached hydrogens (primary N) is 1. The molecule has 3 N–H and O–H groups in total. The maximum atomic E-state index is 12.6. The van der Waals surface area contributed by atoms with Crippen molar-refractivity contribution in [1.29, 1.82) is 0 Å². The van der Waals surface area contributed by atoms with E-state index in [1.807, 2.05) is 0 Å². The zero-order valence-electron chi connectivity index (χ0n) is 12.6. The maximum absolute atomic E-state index is 12.6. The van der Waals surface area contributed by atoms with E-state index in [9.17, 15) is 9.59 Å². The van der Waals surface area contributed by atoms with Gasteiger partial charge in [-0.1, -0.05) is 23.7 Å². The van der Waals surface area contributed by atoms with Crippen molar-refractivity contribution in [2.75, 3.05) is 45.1 Å². The topological polar surface area (TPSA) is 84.7 Å². The van der Waals surface area contributed by atoms with Gasteiger partial charge in [0.05, 0.1) is 18.8 Å². The molecule has 0 spiro atoms. The summed E-state index contributed by atoms with van der Waals surface area (Å²) >= 11 is 6.11. The normalized spacial score (nSPS) is 19.0. The molecule has 0 amide bonds. The molecule has 1 aromatic rings. The number of halogens is 1. The van der Waals surface area contributed by atoms with Gasteiger partial charge < -0.3 is 15.8 Å². The predicted octanol–water partition coefficient (Wildman–Crippen LogP) is 1.02. The Morgan fingerprint density at radius 3 is 2.70 bits per heavy atom. The molecule has 0 bridgehead atoms. The van der Waals surface area contributed by atoms with Gasteiger partial charge in [0, 0.05) is 37.4 Å². The molecule has 23 heavy (non-hydrogen) atoms. The average Bonchev–Trinajstić information content (AvgIpc) is 2.57. The van der Waals surface area contributed by atoms with Gasteiger partial charge >= 0.3 is 0 Å². The first-order valence-electron chi connectivity index (χ1n) is 7.51. The van der Waals surface area contributed by atoms with Crippen LogP contribution in [0.15, 0.2) is 28.9 Å². The molecular formula is C16H18ClN3O3. The maximum Gasteiger partial charge on any atom is 0.211 e. The molecule has 0 atom stereocenters. The third kappa shape index (κ3) is 3.10. The molecule has 0 radical (unpaired) electrons. The number of hydrogen-bond donors (Lipinski definition) is 2. The summed E-state index contributed by atoms with van der Waals surface area (Å²) in [7, 11) is 0. The lowest BCUT2D eigenvalue weighted by atomic mass is 9.91. The number of benzene rings is 1. The molecule has 0 unspecified atom stereocenters. The number of ketones is 2. The summed E-state index contributed by atoms with van der Waals surface area (Å²) in [5.74, 6) is -0.702. The second kappa shape index (κ2) is 6.70. The molecule has 6 nitrogen and oxygen atoms in total. The SMILES string of the molecule is Nc1cccc2c1C(=O)C(Cl)=C(NCCN1CCOCC1)C2=O. The molecule has 2 aliphatic rings. The van der Waals surface area contributed by atoms with E-state index in [0.717, 1.165) is 19.6 Å². The van der Waals surface area contributed by atoms with Gasteiger partial charge in [-0.3, -0.25) is 14.5 Å². The summed E-state index contributed by atoms with van der Waals surface area (Å²) in [5, 5.41) is 2.92. The van der Waals surface area contributed by atoms with E-state index in [-0.39, 0.29) is 27.8 Å². The lowest BCUT2D eigenvalue weighted by molar-refractivity contribution is 0.0386. The molecule has 0 aromatic heterocycles. The predicted molar refractivity (Wildman–Crippen MR) is 87.7 cm³/mol. The Balaban J connectivity index is 1.73. The van der Waals surface area contributed by atoms with Crippen molar-refractivity contribution in [3.63, 3.8) is 0 Å². The Morgan fingerprint density at radius 2 is 1.96 bits per heavy atom. The van der Waals surface area contributed by atoms with Crippen LogP contribution in [0.1, 0.15) is 20.7 Å². The number of ether oxygens (including phenoxy) is 1. The Hall–Kier alpha value is -1.89. The molecule has 1 aliphatic heterocycles. The van der Waals surface area contributed by atoms with Crippen molar-refractivity contribution in [3.05, 3.63) is 40.1 Å². The van der Waals surface area contributed by atoms with Gasteiger partial charge in [0.25, 0.3) is 0 Å². The number of nitrogens with zero attached hydrogens (tertiary/aromatic N) is 1. The second-order valence-electron chi connectivity index (χ2n) is 5.50. The number of rotatable bonds is 4. The van der Waals surface area contributed by atoms with Crippen molar-refractivity contribution in [1.82, 2.24) is 10.2 Å². The Labute approximate surface area is 139 Å². The van der Waals surface area contributed by atoms with Crippen molar-refractivity contribution in [2.24, 2.45) is 0 Å². The van der Waals surface area contributed by atoms with Gasteiger partial charge in [-0.15, -0.1) is 0 Å². The highest BCUT2D eigenvalue weighted by atomic mass is 35.5. The van der Waals surface area contributed by atoms with Gasteiger partial charge in [-0.25, -0.2) is 0 Å². The van der Waals surface area contributed by atoms with Crippen molar-refractivity contribution < 1.29 is 14.3 Å². The average molecular weight is 336 g/mol. The number of nitrogen functional groups attached to an aromatic ring is 1. The second-order valence-corrected chi connectivity index (χ2v) is 5.88. The molecule has 1 fully saturated rings. The van der Waals surface area contributed by atoms with E-state index in [1.165, 1.54) is 0 Å². The minimum Gasteiger partial charge on any atom is -0.398 e. The van der Waals surface area contributed by atoms with Gasteiger partial charge in [0.2, 0.25) is 11.6 Å². The number of Topliss-reactive ketones (excluding diaryl/α,β-unsaturated/α-hetero) is 2. The Morgan fingerprint density at radius 1 is 1.22 bits per heavy atom. The number of fused-ring (bicyclic) bond motifs is 1. The van der Waals surface area contributed by atoms with Crippen LogP contribution in [-0.2, 0) is 4.74 Å². The van der Waals surface area contributed by atoms with E-state index < -0.39 is 5.78 Å². The zero-order valence-corrected chi connectivity index (χ0v) is 13.4. The van der Waals surface area contributed by atoms with Crippen molar-refractivity contribution >= 4 is 28.9 Å². The lowest BCUT2D eigenvalue weighted by Crippen LogP contribution is -2.41. The summed E-state index contributed by atoms with van der Waals surface area (Å²) in [6, 6.07) is 4.84. The van der Waals surface area contributed by atoms with Crippen LogP contribution in [-0.4, -0.2) is 55.9 Å². The fraction of sp³-hybridized carbons (Fsp3) is 0.375. The van der Waals surface area contributed by atoms with E-state index in [4.69, 9.17) is 22.1 Å². The molecule has 1 saturated heterocycles. The van der Waals surface area contributed by atoms with Crippen LogP contribution in [0.2, 0.25) is 0 Å². The molecular weight excluding hydrogens is 318 g/mol. The smallest absolute Gasteiger partial charge is 0.211 e. The number of nitrogens with one attached hydrogen (secondary N) is 1. The Kier molecular flexibility index (Phi) is 4.66. The van der Waals surface area contributed by atoms with Crippen LogP contribution in [0.25, 0.3) is 0 Å². The van der Waals surface area contributed by atoms with Crippen LogP contribution in [0.4, 0.5) is 5.69 Å². The molecule has 122 valence electrons. The third-order valence-electron chi connectivity index (χ3n) is 4.05. The van der Waals surface area contributed by atoms with Crippen LogP contribution < -0.4 is 11.1 Å². The number of carbonyl (C=O) groups is 2. The van der Waals surface area contributed by atoms with Gasteiger partial charge in [0.15, 0.2) is 0 Å². The number of allylic oxidation sites excluding steroid dienone is 2. The first-order chi connectivity index (χ1) is 11.1. The molecule has 3 rings (SSSR count). The largest absolute Gasteiger partial charge is 0.398 e. The van der Waals surface area contributed by atoms with E-state index in [1.54, 1.807) is 18.2 Å². The molecule has 7 heteroatoms. The van der Waals surface area contributed by atoms with Gasteiger partial charge in [0.1, 0.15) is 10.7 Å². The monoisotopic (exact) mass is 335 g/mol. The van der Waals surface area contributed by atoms with Crippen LogP contribution in [0.3, 0.4) is 0 Å². The fourth-order valence-corrected chi connectivity index (χ4v) is 3.04. The van der Waals surface area contributed by atoms with Crippen LogP contribution in [0, 0.1) is 0 Å². The van der Waals surface area contributed by atoms with Gasteiger partial charge in [-0.2, -0.15) is 0 Å². The molecule has 1 aromatic carbocycles. The fourth-order valence-electron chi connectivity index (χ4n) is 2.79. The lowest BCUT2D eigenvalue weighted by Gasteiger charge is -2.27. The van der Waals surface area contributed by atoms with Gasteiger partial charge in [-0.05, 0) is 6.07 Å². The minimum absolute atomic E-state index is 0.0950. The van der Waals surface area contributed by atoms with Crippen LogP contribution in [0.5, 0.6) is 0 Å². The highest BCUT2D eigenvalue weighted by Crippen LogP contribution is 2.30. The number of carbonyl (C=O) groups excluding carboxylic acids is 2. The van der Waals surface area contributed by atoms with E-state index in [2.05, 4.69) is 10.2 Å². The summed E-state index contributed by atoms with van der Waals surface area (Å²) in [6.45, 7) is 4.44.